The monoisotopic (exact) mass is 451 g/mol. The summed E-state index contributed by atoms with van der Waals surface area (Å²) in [5.74, 6) is 0.575. The Morgan fingerprint density at radius 2 is 1.77 bits per heavy atom. The van der Waals surface area contributed by atoms with E-state index in [9.17, 15) is 19.5 Å². The lowest BCUT2D eigenvalue weighted by molar-refractivity contribution is -0.133. The number of unbranched alkanes of at least 4 members (excludes halogenated alkanes) is 1. The molecule has 3 atom stereocenters. The number of nitrogens with zero attached hydrogens (tertiary/aromatic N) is 1. The Balaban J connectivity index is 1.54. The Labute approximate surface area is 187 Å². The minimum atomic E-state index is -1.28. The summed E-state index contributed by atoms with van der Waals surface area (Å²) in [4.78, 5) is 37.8. The molecular weight excluding hydrogens is 418 g/mol. The van der Waals surface area contributed by atoms with Crippen molar-refractivity contribution < 1.29 is 19.5 Å². The van der Waals surface area contributed by atoms with Crippen LogP contribution >= 0.6 is 11.8 Å². The summed E-state index contributed by atoms with van der Waals surface area (Å²) < 4.78 is 0. The van der Waals surface area contributed by atoms with Gasteiger partial charge in [0.05, 0.1) is 18.3 Å². The summed E-state index contributed by atoms with van der Waals surface area (Å²) in [6.07, 6.45) is 0.352. The maximum absolute atomic E-state index is 12.1. The molecule has 1 aromatic carbocycles. The van der Waals surface area contributed by atoms with Crippen LogP contribution < -0.4 is 22.1 Å². The number of aliphatic hydroxyl groups is 1. The SMILES string of the molecule is NC(CC(=O)NCCCCNC(=O)C(O)C(N)Cc1ccccc1)C(=O)N1CCSC1. The maximum Gasteiger partial charge on any atom is 0.250 e. The molecule has 9 nitrogen and oxygen atoms in total. The zero-order valence-corrected chi connectivity index (χ0v) is 18.5. The average molecular weight is 452 g/mol. The van der Waals surface area contributed by atoms with Gasteiger partial charge in [0.2, 0.25) is 17.7 Å². The van der Waals surface area contributed by atoms with Gasteiger partial charge in [-0.25, -0.2) is 0 Å². The summed E-state index contributed by atoms with van der Waals surface area (Å²) in [6.45, 7) is 1.47. The van der Waals surface area contributed by atoms with Crippen molar-refractivity contribution in [1.82, 2.24) is 15.5 Å². The molecule has 0 spiro atoms. The standard InChI is InChI=1S/C21H33N5O4S/c22-16(12-15-6-2-1-3-7-15)19(28)20(29)25-9-5-4-8-24-18(27)13-17(23)21(30)26-10-11-31-14-26/h1-3,6-7,16-17,19,28H,4-5,8-14,22-23H2,(H,24,27)(H,25,29). The van der Waals surface area contributed by atoms with Gasteiger partial charge in [-0.3, -0.25) is 14.4 Å². The highest BCUT2D eigenvalue weighted by molar-refractivity contribution is 7.99. The van der Waals surface area contributed by atoms with Gasteiger partial charge in [-0.1, -0.05) is 30.3 Å². The van der Waals surface area contributed by atoms with Crippen LogP contribution in [0.2, 0.25) is 0 Å². The largest absolute Gasteiger partial charge is 0.382 e. The van der Waals surface area contributed by atoms with Crippen molar-refractivity contribution in [2.45, 2.75) is 43.9 Å². The first-order chi connectivity index (χ1) is 14.9. The van der Waals surface area contributed by atoms with Gasteiger partial charge in [0, 0.05) is 31.4 Å². The predicted octanol–water partition coefficient (Wildman–Crippen LogP) is -0.820. The van der Waals surface area contributed by atoms with Crippen LogP contribution in [-0.2, 0) is 20.8 Å². The van der Waals surface area contributed by atoms with E-state index in [2.05, 4.69) is 10.6 Å². The number of hydrogen-bond acceptors (Lipinski definition) is 7. The van der Waals surface area contributed by atoms with Crippen LogP contribution in [0, 0.1) is 0 Å². The molecular formula is C21H33N5O4S. The van der Waals surface area contributed by atoms with Gasteiger partial charge < -0.3 is 32.1 Å². The Morgan fingerprint density at radius 3 is 2.42 bits per heavy atom. The summed E-state index contributed by atoms with van der Waals surface area (Å²) in [5, 5.41) is 15.5. The minimum absolute atomic E-state index is 0.0395. The molecule has 1 heterocycles. The number of nitrogens with two attached hydrogens (primary N) is 2. The second-order valence-electron chi connectivity index (χ2n) is 7.60. The number of rotatable bonds is 12. The lowest BCUT2D eigenvalue weighted by atomic mass is 10.0. The molecule has 10 heteroatoms. The van der Waals surface area contributed by atoms with Crippen LogP contribution in [-0.4, -0.2) is 77.2 Å². The highest BCUT2D eigenvalue weighted by Gasteiger charge is 2.25. The highest BCUT2D eigenvalue weighted by atomic mass is 32.2. The van der Waals surface area contributed by atoms with E-state index < -0.39 is 24.1 Å². The van der Waals surface area contributed by atoms with Crippen molar-refractivity contribution in [3.05, 3.63) is 35.9 Å². The third kappa shape index (κ3) is 8.86. The molecule has 0 bridgehead atoms. The number of aliphatic hydroxyl groups excluding tert-OH is 1. The number of carbonyl (C=O) groups is 3. The Kier molecular flexibility index (Phi) is 10.8. The molecule has 172 valence electrons. The van der Waals surface area contributed by atoms with E-state index in [0.29, 0.717) is 44.8 Å². The summed E-state index contributed by atoms with van der Waals surface area (Å²) in [6, 6.07) is 7.94. The van der Waals surface area contributed by atoms with Crippen LogP contribution in [0.15, 0.2) is 30.3 Å². The molecule has 1 aliphatic heterocycles. The Morgan fingerprint density at radius 1 is 1.10 bits per heavy atom. The molecule has 1 fully saturated rings. The molecule has 1 aromatic rings. The summed E-state index contributed by atoms with van der Waals surface area (Å²) in [5.41, 5.74) is 12.7. The lowest BCUT2D eigenvalue weighted by Gasteiger charge is -2.19. The number of carbonyl (C=O) groups excluding carboxylic acids is 3. The fourth-order valence-electron chi connectivity index (χ4n) is 3.17. The van der Waals surface area contributed by atoms with E-state index in [1.807, 2.05) is 30.3 Å². The summed E-state index contributed by atoms with van der Waals surface area (Å²) >= 11 is 1.67. The van der Waals surface area contributed by atoms with Crippen LogP contribution in [0.4, 0.5) is 0 Å². The van der Waals surface area contributed by atoms with Gasteiger partial charge in [0.15, 0.2) is 0 Å². The minimum Gasteiger partial charge on any atom is -0.382 e. The first-order valence-corrected chi connectivity index (χ1v) is 11.7. The lowest BCUT2D eigenvalue weighted by Crippen LogP contribution is -2.47. The van der Waals surface area contributed by atoms with Crippen molar-refractivity contribution in [2.24, 2.45) is 11.5 Å². The van der Waals surface area contributed by atoms with E-state index in [-0.39, 0.29) is 18.2 Å². The number of nitrogens with one attached hydrogen (secondary N) is 2. The molecule has 1 aliphatic rings. The molecule has 0 aliphatic carbocycles. The fourth-order valence-corrected chi connectivity index (χ4v) is 4.12. The number of thioether (sulfide) groups is 1. The van der Waals surface area contributed by atoms with Gasteiger partial charge in [0.25, 0.3) is 0 Å². The molecule has 3 amide bonds. The molecule has 2 rings (SSSR count). The Bertz CT molecular complexity index is 715. The average Bonchev–Trinajstić information content (AvgIpc) is 3.30. The number of hydrogen-bond donors (Lipinski definition) is 5. The Hall–Kier alpha value is -2.14. The van der Waals surface area contributed by atoms with Crippen molar-refractivity contribution in [2.75, 3.05) is 31.3 Å². The second kappa shape index (κ2) is 13.3. The molecule has 31 heavy (non-hydrogen) atoms. The third-order valence-electron chi connectivity index (χ3n) is 5.00. The zero-order valence-electron chi connectivity index (χ0n) is 17.7. The van der Waals surface area contributed by atoms with Crippen molar-refractivity contribution in [1.29, 1.82) is 0 Å². The number of amides is 3. The van der Waals surface area contributed by atoms with E-state index >= 15 is 0 Å². The quantitative estimate of drug-likeness (QED) is 0.261. The second-order valence-corrected chi connectivity index (χ2v) is 8.67. The van der Waals surface area contributed by atoms with E-state index in [0.717, 1.165) is 11.3 Å². The van der Waals surface area contributed by atoms with Gasteiger partial charge >= 0.3 is 0 Å². The smallest absolute Gasteiger partial charge is 0.250 e. The zero-order chi connectivity index (χ0) is 22.6. The van der Waals surface area contributed by atoms with Gasteiger partial charge in [-0.15, -0.1) is 11.8 Å². The molecule has 0 aromatic heterocycles. The molecule has 3 unspecified atom stereocenters. The van der Waals surface area contributed by atoms with Crippen molar-refractivity contribution >= 4 is 29.5 Å². The first-order valence-electron chi connectivity index (χ1n) is 10.5. The molecule has 1 saturated heterocycles. The van der Waals surface area contributed by atoms with Crippen LogP contribution in [0.1, 0.15) is 24.8 Å². The molecule has 7 N–H and O–H groups in total. The maximum atomic E-state index is 12.1. The number of benzene rings is 1. The van der Waals surface area contributed by atoms with Gasteiger partial charge in [-0.05, 0) is 24.8 Å². The highest BCUT2D eigenvalue weighted by Crippen LogP contribution is 2.14. The van der Waals surface area contributed by atoms with Gasteiger partial charge in [-0.2, -0.15) is 0 Å². The topological polar surface area (TPSA) is 151 Å². The predicted molar refractivity (Wildman–Crippen MR) is 121 cm³/mol. The van der Waals surface area contributed by atoms with E-state index in [4.69, 9.17) is 11.5 Å². The molecule has 0 saturated carbocycles. The summed E-state index contributed by atoms with van der Waals surface area (Å²) in [7, 11) is 0. The van der Waals surface area contributed by atoms with Crippen LogP contribution in [0.3, 0.4) is 0 Å². The van der Waals surface area contributed by atoms with E-state index in [1.54, 1.807) is 16.7 Å². The fraction of sp³-hybridized carbons (Fsp3) is 0.571. The van der Waals surface area contributed by atoms with Crippen LogP contribution in [0.25, 0.3) is 0 Å². The third-order valence-corrected chi connectivity index (χ3v) is 5.97. The van der Waals surface area contributed by atoms with Crippen molar-refractivity contribution in [3.8, 4) is 0 Å². The molecule has 0 radical (unpaired) electrons. The van der Waals surface area contributed by atoms with Crippen LogP contribution in [0.5, 0.6) is 0 Å². The van der Waals surface area contributed by atoms with E-state index in [1.165, 1.54) is 0 Å². The first kappa shape index (κ1) is 25.1. The van der Waals surface area contributed by atoms with Crippen molar-refractivity contribution in [3.63, 3.8) is 0 Å². The van der Waals surface area contributed by atoms with Gasteiger partial charge in [0.1, 0.15) is 6.10 Å². The normalized spacial score (nSPS) is 16.4.